The second-order valence-electron chi connectivity index (χ2n) is 7.12. The summed E-state index contributed by atoms with van der Waals surface area (Å²) in [6, 6.07) is 11.5. The number of furan rings is 1. The Kier molecular flexibility index (Phi) is 2.98. The van der Waals surface area contributed by atoms with Crippen LogP contribution in [0.5, 0.6) is 0 Å². The summed E-state index contributed by atoms with van der Waals surface area (Å²) in [5.74, 6) is 0.145. The van der Waals surface area contributed by atoms with Crippen LogP contribution in [0.15, 0.2) is 52.1 Å². The zero-order valence-electron chi connectivity index (χ0n) is 14.6. The number of aliphatic hydroxyl groups is 1. The number of carbonyl (C=O) groups is 1. The van der Waals surface area contributed by atoms with Gasteiger partial charge in [0.2, 0.25) is 5.78 Å². The van der Waals surface area contributed by atoms with E-state index in [9.17, 15) is 9.90 Å². The van der Waals surface area contributed by atoms with Gasteiger partial charge in [0.1, 0.15) is 11.4 Å². The van der Waals surface area contributed by atoms with Crippen molar-refractivity contribution < 1.29 is 14.3 Å². The standard InChI is InChI=1S/C21H18N2O3/c1-12-9-16-17(10-13(12)2)22-20-21(25,19(16)24)6-7-23(20)15-4-3-14-5-8-26-18(14)11-15/h3-5,8-11,25H,6-7H2,1-2H3. The van der Waals surface area contributed by atoms with Gasteiger partial charge in [-0.05, 0) is 55.3 Å². The van der Waals surface area contributed by atoms with Gasteiger partial charge in [-0.1, -0.05) is 0 Å². The molecule has 5 nitrogen and oxygen atoms in total. The van der Waals surface area contributed by atoms with E-state index in [2.05, 4.69) is 0 Å². The Morgan fingerprint density at radius 1 is 1.15 bits per heavy atom. The Labute approximate surface area is 150 Å². The predicted molar refractivity (Wildman–Crippen MR) is 100 cm³/mol. The van der Waals surface area contributed by atoms with E-state index in [-0.39, 0.29) is 5.78 Å². The first-order valence-electron chi connectivity index (χ1n) is 8.70. The molecule has 1 aromatic heterocycles. The summed E-state index contributed by atoms with van der Waals surface area (Å²) in [5, 5.41) is 12.2. The number of fused-ring (bicyclic) bond motifs is 3. The molecule has 3 heterocycles. The highest BCUT2D eigenvalue weighted by molar-refractivity contribution is 6.28. The van der Waals surface area contributed by atoms with Gasteiger partial charge in [-0.25, -0.2) is 4.99 Å². The molecule has 5 rings (SSSR count). The van der Waals surface area contributed by atoms with E-state index in [0.29, 0.717) is 30.1 Å². The van der Waals surface area contributed by atoms with Crippen molar-refractivity contribution in [2.45, 2.75) is 25.9 Å². The molecule has 1 atom stereocenters. The molecule has 2 aliphatic heterocycles. The number of amidine groups is 1. The van der Waals surface area contributed by atoms with Crippen LogP contribution in [-0.4, -0.2) is 28.9 Å². The topological polar surface area (TPSA) is 66.0 Å². The Bertz CT molecular complexity index is 1110. The highest BCUT2D eigenvalue weighted by Crippen LogP contribution is 2.40. The van der Waals surface area contributed by atoms with Gasteiger partial charge in [0.05, 0.1) is 12.0 Å². The third-order valence-corrected chi connectivity index (χ3v) is 5.53. The molecule has 1 N–H and O–H groups in total. The van der Waals surface area contributed by atoms with Crippen LogP contribution in [0.2, 0.25) is 0 Å². The van der Waals surface area contributed by atoms with Crippen molar-refractivity contribution in [3.8, 4) is 0 Å². The highest BCUT2D eigenvalue weighted by Gasteiger charge is 2.52. The molecule has 5 heteroatoms. The minimum atomic E-state index is -1.56. The van der Waals surface area contributed by atoms with E-state index >= 15 is 0 Å². The van der Waals surface area contributed by atoms with Gasteiger partial charge in [0, 0.05) is 35.7 Å². The first kappa shape index (κ1) is 15.3. The van der Waals surface area contributed by atoms with Gasteiger partial charge in [0.25, 0.3) is 0 Å². The van der Waals surface area contributed by atoms with Crippen LogP contribution < -0.4 is 4.90 Å². The van der Waals surface area contributed by atoms with Crippen LogP contribution in [0.25, 0.3) is 11.0 Å². The molecule has 0 bridgehead atoms. The third-order valence-electron chi connectivity index (χ3n) is 5.53. The van der Waals surface area contributed by atoms with Gasteiger partial charge >= 0.3 is 0 Å². The fraction of sp³-hybridized carbons (Fsp3) is 0.238. The number of anilines is 1. The lowest BCUT2D eigenvalue weighted by Gasteiger charge is -2.30. The number of rotatable bonds is 1. The number of ketones is 1. The van der Waals surface area contributed by atoms with Crippen molar-refractivity contribution >= 4 is 34.0 Å². The lowest BCUT2D eigenvalue weighted by Crippen LogP contribution is -2.48. The van der Waals surface area contributed by atoms with E-state index in [1.165, 1.54) is 0 Å². The average Bonchev–Trinajstić information content (AvgIpc) is 3.22. The summed E-state index contributed by atoms with van der Waals surface area (Å²) in [6.07, 6.45) is 1.98. The Morgan fingerprint density at radius 3 is 2.81 bits per heavy atom. The number of benzene rings is 2. The van der Waals surface area contributed by atoms with Gasteiger partial charge in [-0.15, -0.1) is 0 Å². The zero-order valence-corrected chi connectivity index (χ0v) is 14.6. The van der Waals surface area contributed by atoms with Crippen LogP contribution in [0.1, 0.15) is 27.9 Å². The monoisotopic (exact) mass is 346 g/mol. The molecule has 130 valence electrons. The van der Waals surface area contributed by atoms with E-state index in [1.54, 1.807) is 6.26 Å². The highest BCUT2D eigenvalue weighted by atomic mass is 16.3. The molecular formula is C21H18N2O3. The number of nitrogens with zero attached hydrogens (tertiary/aromatic N) is 2. The molecule has 0 radical (unpaired) electrons. The van der Waals surface area contributed by atoms with E-state index in [4.69, 9.17) is 9.41 Å². The number of hydrogen-bond acceptors (Lipinski definition) is 5. The molecule has 1 saturated heterocycles. The van der Waals surface area contributed by atoms with E-state index < -0.39 is 5.60 Å². The molecule has 0 spiro atoms. The molecule has 2 aliphatic rings. The van der Waals surface area contributed by atoms with Crippen molar-refractivity contribution in [3.63, 3.8) is 0 Å². The molecular weight excluding hydrogens is 328 g/mol. The molecule has 0 amide bonds. The van der Waals surface area contributed by atoms with Crippen LogP contribution in [0, 0.1) is 13.8 Å². The molecule has 1 fully saturated rings. The summed E-state index contributed by atoms with van der Waals surface area (Å²) in [6.45, 7) is 4.49. The minimum Gasteiger partial charge on any atom is -0.464 e. The number of hydrogen-bond donors (Lipinski definition) is 1. The van der Waals surface area contributed by atoms with E-state index in [1.807, 2.05) is 55.1 Å². The Hall–Kier alpha value is -2.92. The van der Waals surface area contributed by atoms with Gasteiger partial charge in [-0.3, -0.25) is 4.79 Å². The quantitative estimate of drug-likeness (QED) is 0.725. The molecule has 0 saturated carbocycles. The minimum absolute atomic E-state index is 0.262. The van der Waals surface area contributed by atoms with Crippen molar-refractivity contribution in [1.82, 2.24) is 0 Å². The van der Waals surface area contributed by atoms with E-state index in [0.717, 1.165) is 27.8 Å². The summed E-state index contributed by atoms with van der Waals surface area (Å²) < 4.78 is 5.49. The fourth-order valence-corrected chi connectivity index (χ4v) is 3.86. The molecule has 26 heavy (non-hydrogen) atoms. The maximum absolute atomic E-state index is 13.1. The molecule has 2 aromatic carbocycles. The van der Waals surface area contributed by atoms with Gasteiger partial charge < -0.3 is 14.4 Å². The van der Waals surface area contributed by atoms with Gasteiger partial charge in [0.15, 0.2) is 5.60 Å². The summed E-state index contributed by atoms with van der Waals surface area (Å²) in [4.78, 5) is 19.7. The molecule has 1 unspecified atom stereocenters. The van der Waals surface area contributed by atoms with Crippen molar-refractivity contribution in [3.05, 3.63) is 59.4 Å². The summed E-state index contributed by atoms with van der Waals surface area (Å²) >= 11 is 0. The maximum Gasteiger partial charge on any atom is 0.204 e. The lowest BCUT2D eigenvalue weighted by molar-refractivity contribution is 0.0602. The average molecular weight is 346 g/mol. The number of aryl methyl sites for hydroxylation is 2. The van der Waals surface area contributed by atoms with Crippen molar-refractivity contribution in [1.29, 1.82) is 0 Å². The first-order valence-corrected chi connectivity index (χ1v) is 8.70. The van der Waals surface area contributed by atoms with Crippen LogP contribution >= 0.6 is 0 Å². The number of carbonyl (C=O) groups excluding carboxylic acids is 1. The van der Waals surface area contributed by atoms with Gasteiger partial charge in [-0.2, -0.15) is 0 Å². The summed E-state index contributed by atoms with van der Waals surface area (Å²) in [7, 11) is 0. The van der Waals surface area contributed by atoms with Crippen LogP contribution in [0.3, 0.4) is 0 Å². The SMILES string of the molecule is Cc1cc2c(cc1C)C(=O)C1(O)CCN(c3ccc4ccoc4c3)C1=N2. The maximum atomic E-state index is 13.1. The smallest absolute Gasteiger partial charge is 0.204 e. The first-order chi connectivity index (χ1) is 12.5. The second kappa shape index (κ2) is 5.05. The zero-order chi connectivity index (χ0) is 18.1. The predicted octanol–water partition coefficient (Wildman–Crippen LogP) is 3.92. The largest absolute Gasteiger partial charge is 0.464 e. The number of aliphatic imine (C=N–C) groups is 1. The Morgan fingerprint density at radius 2 is 1.96 bits per heavy atom. The summed E-state index contributed by atoms with van der Waals surface area (Å²) in [5.41, 5.74) is 3.30. The van der Waals surface area contributed by atoms with Crippen molar-refractivity contribution in [2.24, 2.45) is 4.99 Å². The van der Waals surface area contributed by atoms with Crippen molar-refractivity contribution in [2.75, 3.05) is 11.4 Å². The van der Waals surface area contributed by atoms with Crippen LogP contribution in [-0.2, 0) is 0 Å². The second-order valence-corrected chi connectivity index (χ2v) is 7.12. The Balaban J connectivity index is 1.67. The molecule has 3 aromatic rings. The third kappa shape index (κ3) is 1.95. The van der Waals surface area contributed by atoms with Crippen LogP contribution in [0.4, 0.5) is 11.4 Å². The fourth-order valence-electron chi connectivity index (χ4n) is 3.86. The number of Topliss-reactive ketones (excluding diaryl/α,β-unsaturated/α-hetero) is 1. The molecule has 0 aliphatic carbocycles. The normalized spacial score (nSPS) is 21.7. The lowest BCUT2D eigenvalue weighted by atomic mass is 9.86.